The minimum atomic E-state index is -0.575. The van der Waals surface area contributed by atoms with Gasteiger partial charge in [-0.25, -0.2) is 0 Å². The summed E-state index contributed by atoms with van der Waals surface area (Å²) in [6.45, 7) is 3.66. The summed E-state index contributed by atoms with van der Waals surface area (Å²) >= 11 is 0. The summed E-state index contributed by atoms with van der Waals surface area (Å²) in [4.78, 5) is 6.72. The fraction of sp³-hybridized carbons (Fsp3) is 0.320. The summed E-state index contributed by atoms with van der Waals surface area (Å²) in [5.74, 6) is 0.789. The van der Waals surface area contributed by atoms with Gasteiger partial charge in [0.15, 0.2) is 0 Å². The highest BCUT2D eigenvalue weighted by Crippen LogP contribution is 2.51. The molecule has 1 N–H and O–H groups in total. The summed E-state index contributed by atoms with van der Waals surface area (Å²) in [6.07, 6.45) is 5.36. The van der Waals surface area contributed by atoms with Gasteiger partial charge in [-0.3, -0.25) is 9.88 Å². The SMILES string of the molecule is Cc1ccc(OCC(O)CN(Cc2ccccc2)C2(c3cccnc3)CC2)cc1. The molecule has 1 aromatic heterocycles. The van der Waals surface area contributed by atoms with E-state index in [0.29, 0.717) is 6.54 Å². The summed E-state index contributed by atoms with van der Waals surface area (Å²) in [7, 11) is 0. The van der Waals surface area contributed by atoms with Gasteiger partial charge in [-0.1, -0.05) is 54.1 Å². The Balaban J connectivity index is 1.47. The van der Waals surface area contributed by atoms with Crippen LogP contribution >= 0.6 is 0 Å². The van der Waals surface area contributed by atoms with Crippen LogP contribution in [-0.2, 0) is 12.1 Å². The number of pyridine rings is 1. The van der Waals surface area contributed by atoms with Crippen molar-refractivity contribution in [3.05, 3.63) is 95.8 Å². The van der Waals surface area contributed by atoms with Crippen molar-refractivity contribution >= 4 is 0 Å². The maximum absolute atomic E-state index is 10.8. The van der Waals surface area contributed by atoms with Gasteiger partial charge in [-0.05, 0) is 49.1 Å². The molecule has 0 saturated heterocycles. The van der Waals surface area contributed by atoms with Gasteiger partial charge in [0.1, 0.15) is 18.5 Å². The minimum absolute atomic E-state index is 0.0467. The Morgan fingerprint density at radius 2 is 1.79 bits per heavy atom. The molecule has 4 rings (SSSR count). The number of rotatable bonds is 9. The van der Waals surface area contributed by atoms with E-state index in [-0.39, 0.29) is 12.1 Å². The van der Waals surface area contributed by atoms with Gasteiger partial charge in [-0.15, -0.1) is 0 Å². The van der Waals surface area contributed by atoms with Crippen LogP contribution in [-0.4, -0.2) is 34.2 Å². The van der Waals surface area contributed by atoms with Crippen molar-refractivity contribution < 1.29 is 9.84 Å². The molecule has 1 heterocycles. The van der Waals surface area contributed by atoms with Crippen molar-refractivity contribution in [2.75, 3.05) is 13.2 Å². The highest BCUT2D eigenvalue weighted by molar-refractivity contribution is 5.29. The Kier molecular flexibility index (Phi) is 5.93. The standard InChI is InChI=1S/C25H28N2O2/c1-20-9-11-24(12-10-20)29-19-23(28)18-27(17-21-6-3-2-4-7-21)25(13-14-25)22-8-5-15-26-16-22/h2-12,15-16,23,28H,13-14,17-19H2,1H3. The third-order valence-electron chi connectivity index (χ3n) is 5.64. The van der Waals surface area contributed by atoms with Gasteiger partial charge in [0.25, 0.3) is 0 Å². The topological polar surface area (TPSA) is 45.6 Å². The zero-order chi connectivity index (χ0) is 20.1. The van der Waals surface area contributed by atoms with Crippen LogP contribution in [0.25, 0.3) is 0 Å². The summed E-state index contributed by atoms with van der Waals surface area (Å²) in [5.41, 5.74) is 3.62. The number of aryl methyl sites for hydroxylation is 1. The Bertz CT molecular complexity index is 893. The van der Waals surface area contributed by atoms with E-state index in [2.05, 4.69) is 40.2 Å². The van der Waals surface area contributed by atoms with E-state index in [1.165, 1.54) is 16.7 Å². The van der Waals surface area contributed by atoms with Crippen LogP contribution in [0.2, 0.25) is 0 Å². The van der Waals surface area contributed by atoms with Crippen LogP contribution in [0.15, 0.2) is 79.1 Å². The van der Waals surface area contributed by atoms with Crippen LogP contribution in [0.5, 0.6) is 5.75 Å². The average Bonchev–Trinajstić information content (AvgIpc) is 3.56. The Hall–Kier alpha value is -2.69. The second-order valence-electron chi connectivity index (χ2n) is 7.92. The lowest BCUT2D eigenvalue weighted by Gasteiger charge is -2.34. The molecule has 1 unspecified atom stereocenters. The smallest absolute Gasteiger partial charge is 0.119 e. The number of aliphatic hydroxyl groups excluding tert-OH is 1. The van der Waals surface area contributed by atoms with Crippen molar-refractivity contribution in [2.24, 2.45) is 0 Å². The molecule has 1 fully saturated rings. The van der Waals surface area contributed by atoms with E-state index >= 15 is 0 Å². The first-order chi connectivity index (χ1) is 14.2. The lowest BCUT2D eigenvalue weighted by molar-refractivity contribution is 0.0407. The molecule has 0 aliphatic heterocycles. The molecule has 0 amide bonds. The van der Waals surface area contributed by atoms with Gasteiger partial charge < -0.3 is 9.84 Å². The highest BCUT2D eigenvalue weighted by atomic mass is 16.5. The maximum atomic E-state index is 10.8. The molecule has 1 saturated carbocycles. The van der Waals surface area contributed by atoms with Crippen molar-refractivity contribution in [2.45, 2.75) is 38.0 Å². The number of nitrogens with zero attached hydrogens (tertiary/aromatic N) is 2. The highest BCUT2D eigenvalue weighted by Gasteiger charge is 2.49. The average molecular weight is 389 g/mol. The molecule has 4 heteroatoms. The second kappa shape index (κ2) is 8.76. The van der Waals surface area contributed by atoms with Crippen molar-refractivity contribution in [1.82, 2.24) is 9.88 Å². The number of ether oxygens (including phenoxy) is 1. The lowest BCUT2D eigenvalue weighted by atomic mass is 10.0. The zero-order valence-electron chi connectivity index (χ0n) is 16.9. The van der Waals surface area contributed by atoms with Crippen LogP contribution in [0.1, 0.15) is 29.5 Å². The molecular weight excluding hydrogens is 360 g/mol. The van der Waals surface area contributed by atoms with Gasteiger partial charge in [0, 0.05) is 31.0 Å². The quantitative estimate of drug-likeness (QED) is 0.593. The summed E-state index contributed by atoms with van der Waals surface area (Å²) in [5, 5.41) is 10.8. The van der Waals surface area contributed by atoms with E-state index < -0.39 is 6.10 Å². The predicted octanol–water partition coefficient (Wildman–Crippen LogP) is 4.32. The van der Waals surface area contributed by atoms with Crippen molar-refractivity contribution in [1.29, 1.82) is 0 Å². The van der Waals surface area contributed by atoms with E-state index in [1.807, 2.05) is 55.7 Å². The minimum Gasteiger partial charge on any atom is -0.491 e. The van der Waals surface area contributed by atoms with E-state index in [9.17, 15) is 5.11 Å². The fourth-order valence-electron chi connectivity index (χ4n) is 3.87. The molecule has 1 aliphatic carbocycles. The first kappa shape index (κ1) is 19.6. The number of hydrogen-bond donors (Lipinski definition) is 1. The van der Waals surface area contributed by atoms with Crippen LogP contribution in [0, 0.1) is 6.92 Å². The Morgan fingerprint density at radius 1 is 1.03 bits per heavy atom. The Labute approximate surface area is 172 Å². The lowest BCUT2D eigenvalue weighted by Crippen LogP contribution is -2.42. The third-order valence-corrected chi connectivity index (χ3v) is 5.64. The number of aromatic nitrogens is 1. The van der Waals surface area contributed by atoms with E-state index in [4.69, 9.17) is 4.74 Å². The second-order valence-corrected chi connectivity index (χ2v) is 7.92. The third kappa shape index (κ3) is 4.84. The van der Waals surface area contributed by atoms with E-state index in [0.717, 1.165) is 25.1 Å². The molecule has 2 aromatic carbocycles. The molecule has 3 aromatic rings. The fourth-order valence-corrected chi connectivity index (χ4v) is 3.87. The zero-order valence-corrected chi connectivity index (χ0v) is 16.9. The van der Waals surface area contributed by atoms with Gasteiger partial charge in [0.2, 0.25) is 0 Å². The van der Waals surface area contributed by atoms with Gasteiger partial charge in [0.05, 0.1) is 0 Å². The van der Waals surface area contributed by atoms with Crippen molar-refractivity contribution in [3.63, 3.8) is 0 Å². The molecule has 1 atom stereocenters. The van der Waals surface area contributed by atoms with Gasteiger partial charge in [-0.2, -0.15) is 0 Å². The molecule has 4 nitrogen and oxygen atoms in total. The molecule has 1 aliphatic rings. The molecule has 29 heavy (non-hydrogen) atoms. The molecule has 0 radical (unpaired) electrons. The predicted molar refractivity (Wildman–Crippen MR) is 115 cm³/mol. The molecule has 150 valence electrons. The first-order valence-electron chi connectivity index (χ1n) is 10.2. The number of hydrogen-bond acceptors (Lipinski definition) is 4. The van der Waals surface area contributed by atoms with Gasteiger partial charge >= 0.3 is 0 Å². The molecule has 0 bridgehead atoms. The van der Waals surface area contributed by atoms with Crippen molar-refractivity contribution in [3.8, 4) is 5.75 Å². The summed E-state index contributed by atoms with van der Waals surface area (Å²) in [6, 6.07) is 22.5. The summed E-state index contributed by atoms with van der Waals surface area (Å²) < 4.78 is 5.82. The van der Waals surface area contributed by atoms with Crippen LogP contribution in [0.4, 0.5) is 0 Å². The largest absolute Gasteiger partial charge is 0.491 e. The number of benzene rings is 2. The molecule has 0 spiro atoms. The molecular formula is C25H28N2O2. The van der Waals surface area contributed by atoms with Crippen LogP contribution < -0.4 is 4.74 Å². The first-order valence-corrected chi connectivity index (χ1v) is 10.2. The number of aliphatic hydroxyl groups is 1. The van der Waals surface area contributed by atoms with E-state index in [1.54, 1.807) is 0 Å². The normalized spacial score (nSPS) is 15.8. The monoisotopic (exact) mass is 388 g/mol. The van der Waals surface area contributed by atoms with Crippen LogP contribution in [0.3, 0.4) is 0 Å². The Morgan fingerprint density at radius 3 is 2.45 bits per heavy atom. The maximum Gasteiger partial charge on any atom is 0.119 e.